The zero-order valence-corrected chi connectivity index (χ0v) is 11.9. The van der Waals surface area contributed by atoms with Crippen molar-refractivity contribution in [2.45, 2.75) is 39.8 Å². The molecule has 0 saturated carbocycles. The minimum Gasteiger partial charge on any atom is -0.385 e. The van der Waals surface area contributed by atoms with E-state index >= 15 is 0 Å². The Morgan fingerprint density at radius 3 is 2.58 bits per heavy atom. The van der Waals surface area contributed by atoms with Gasteiger partial charge in [0.1, 0.15) is 11.9 Å². The van der Waals surface area contributed by atoms with Crippen LogP contribution in [0.4, 0.5) is 4.79 Å². The number of amides is 2. The van der Waals surface area contributed by atoms with Gasteiger partial charge in [0.25, 0.3) is 0 Å². The van der Waals surface area contributed by atoms with Crippen molar-refractivity contribution in [1.82, 2.24) is 14.7 Å². The molecular formula is C13H21N5O. The quantitative estimate of drug-likeness (QED) is 0.902. The van der Waals surface area contributed by atoms with Crippen LogP contribution in [0.3, 0.4) is 0 Å². The molecule has 0 bridgehead atoms. The summed E-state index contributed by atoms with van der Waals surface area (Å²) in [5.41, 5.74) is 6.82. The van der Waals surface area contributed by atoms with Gasteiger partial charge in [0.15, 0.2) is 0 Å². The highest BCUT2D eigenvalue weighted by molar-refractivity contribution is 6.03. The van der Waals surface area contributed by atoms with Crippen LogP contribution in [0.1, 0.15) is 45.3 Å². The molecule has 0 saturated heterocycles. The molecule has 0 aromatic carbocycles. The Balaban J connectivity index is 2.28. The number of carbonyl (C=O) groups excluding carboxylic acids is 1. The van der Waals surface area contributed by atoms with Crippen molar-refractivity contribution in [2.75, 3.05) is 6.54 Å². The van der Waals surface area contributed by atoms with Crippen LogP contribution in [0, 0.1) is 5.92 Å². The molecule has 0 fully saturated rings. The van der Waals surface area contributed by atoms with Crippen LogP contribution in [-0.4, -0.2) is 33.1 Å². The molecule has 1 atom stereocenters. The number of nitrogens with two attached hydrogens (primary N) is 1. The van der Waals surface area contributed by atoms with E-state index < -0.39 is 0 Å². The van der Waals surface area contributed by atoms with Crippen molar-refractivity contribution in [1.29, 1.82) is 0 Å². The SMILES string of the molecule is CC(C)CN1C(=O)N=C(N)C1c1cnn(C(C)C)c1. The maximum atomic E-state index is 11.9. The molecule has 0 spiro atoms. The summed E-state index contributed by atoms with van der Waals surface area (Å²) >= 11 is 0. The highest BCUT2D eigenvalue weighted by Gasteiger charge is 2.35. The molecule has 2 N–H and O–H groups in total. The van der Waals surface area contributed by atoms with Gasteiger partial charge in [0, 0.05) is 24.3 Å². The van der Waals surface area contributed by atoms with Gasteiger partial charge < -0.3 is 10.6 Å². The Morgan fingerprint density at radius 1 is 1.37 bits per heavy atom. The number of aliphatic imine (C=N–C) groups is 1. The fourth-order valence-electron chi connectivity index (χ4n) is 2.21. The third-order valence-electron chi connectivity index (χ3n) is 3.09. The van der Waals surface area contributed by atoms with Gasteiger partial charge in [-0.1, -0.05) is 13.8 Å². The summed E-state index contributed by atoms with van der Waals surface area (Å²) in [4.78, 5) is 17.5. The maximum absolute atomic E-state index is 11.9. The maximum Gasteiger partial charge on any atom is 0.346 e. The topological polar surface area (TPSA) is 76.5 Å². The highest BCUT2D eigenvalue weighted by atomic mass is 16.2. The van der Waals surface area contributed by atoms with E-state index in [4.69, 9.17) is 5.73 Å². The average molecular weight is 263 g/mol. The van der Waals surface area contributed by atoms with Crippen LogP contribution in [0.2, 0.25) is 0 Å². The van der Waals surface area contributed by atoms with Gasteiger partial charge in [0.2, 0.25) is 0 Å². The number of hydrogen-bond donors (Lipinski definition) is 1. The zero-order valence-electron chi connectivity index (χ0n) is 11.9. The fourth-order valence-corrected chi connectivity index (χ4v) is 2.21. The lowest BCUT2D eigenvalue weighted by Gasteiger charge is -2.24. The van der Waals surface area contributed by atoms with Gasteiger partial charge in [0.05, 0.1) is 6.20 Å². The summed E-state index contributed by atoms with van der Waals surface area (Å²) in [6.07, 6.45) is 3.70. The van der Waals surface area contributed by atoms with Crippen molar-refractivity contribution >= 4 is 11.9 Å². The normalized spacial score (nSPS) is 19.7. The van der Waals surface area contributed by atoms with Gasteiger partial charge in [-0.25, -0.2) is 4.79 Å². The molecule has 19 heavy (non-hydrogen) atoms. The van der Waals surface area contributed by atoms with E-state index in [9.17, 15) is 4.79 Å². The number of amidine groups is 1. The summed E-state index contributed by atoms with van der Waals surface area (Å²) < 4.78 is 1.86. The van der Waals surface area contributed by atoms with E-state index in [1.807, 2.05) is 10.9 Å². The number of rotatable bonds is 4. The lowest BCUT2D eigenvalue weighted by atomic mass is 10.1. The van der Waals surface area contributed by atoms with Crippen LogP contribution >= 0.6 is 0 Å². The van der Waals surface area contributed by atoms with Crippen LogP contribution in [0.25, 0.3) is 0 Å². The lowest BCUT2D eigenvalue weighted by molar-refractivity contribution is 0.199. The van der Waals surface area contributed by atoms with Gasteiger partial charge in [-0.3, -0.25) is 4.68 Å². The standard InChI is InChI=1S/C13H21N5O/c1-8(2)6-17-11(12(14)16-13(17)19)10-5-15-18(7-10)9(3)4/h5,7-9,11H,6H2,1-4H3,(H2,14,16,19). The highest BCUT2D eigenvalue weighted by Crippen LogP contribution is 2.27. The van der Waals surface area contributed by atoms with Gasteiger partial charge in [-0.2, -0.15) is 10.1 Å². The summed E-state index contributed by atoms with van der Waals surface area (Å²) in [5, 5.41) is 4.30. The first kappa shape index (κ1) is 13.6. The van der Waals surface area contributed by atoms with Crippen molar-refractivity contribution < 1.29 is 4.79 Å². The summed E-state index contributed by atoms with van der Waals surface area (Å²) in [7, 11) is 0. The molecule has 1 aromatic heterocycles. The molecule has 1 aromatic rings. The first-order chi connectivity index (χ1) is 8.90. The fraction of sp³-hybridized carbons (Fsp3) is 0.615. The van der Waals surface area contributed by atoms with Gasteiger partial charge >= 0.3 is 6.03 Å². The van der Waals surface area contributed by atoms with Crippen molar-refractivity contribution in [2.24, 2.45) is 16.6 Å². The second-order valence-corrected chi connectivity index (χ2v) is 5.62. The smallest absolute Gasteiger partial charge is 0.346 e. The third kappa shape index (κ3) is 2.62. The van der Waals surface area contributed by atoms with E-state index in [1.165, 1.54) is 0 Å². The van der Waals surface area contributed by atoms with E-state index in [-0.39, 0.29) is 18.1 Å². The second kappa shape index (κ2) is 5.03. The lowest BCUT2D eigenvalue weighted by Crippen LogP contribution is -2.35. The van der Waals surface area contributed by atoms with E-state index in [0.717, 1.165) is 5.56 Å². The van der Waals surface area contributed by atoms with Crippen molar-refractivity contribution in [3.8, 4) is 0 Å². The molecule has 6 nitrogen and oxygen atoms in total. The zero-order chi connectivity index (χ0) is 14.2. The molecule has 1 aliphatic heterocycles. The minimum absolute atomic E-state index is 0.256. The van der Waals surface area contributed by atoms with Crippen LogP contribution in [0.5, 0.6) is 0 Å². The minimum atomic E-state index is -0.276. The number of hydrogen-bond acceptors (Lipinski definition) is 3. The predicted molar refractivity (Wildman–Crippen MR) is 73.9 cm³/mol. The number of carbonyl (C=O) groups is 1. The Bertz CT molecular complexity index is 503. The first-order valence-corrected chi connectivity index (χ1v) is 6.58. The monoisotopic (exact) mass is 263 g/mol. The van der Waals surface area contributed by atoms with Crippen LogP contribution in [0.15, 0.2) is 17.4 Å². The second-order valence-electron chi connectivity index (χ2n) is 5.62. The number of aromatic nitrogens is 2. The third-order valence-corrected chi connectivity index (χ3v) is 3.09. The Hall–Kier alpha value is -1.85. The molecule has 2 heterocycles. The van der Waals surface area contributed by atoms with E-state index in [2.05, 4.69) is 37.8 Å². The first-order valence-electron chi connectivity index (χ1n) is 6.58. The molecule has 104 valence electrons. The number of nitrogens with zero attached hydrogens (tertiary/aromatic N) is 4. The average Bonchev–Trinajstić information content (AvgIpc) is 2.85. The molecular weight excluding hydrogens is 242 g/mol. The Kier molecular flexibility index (Phi) is 3.59. The summed E-state index contributed by atoms with van der Waals surface area (Å²) in [5.74, 6) is 0.724. The summed E-state index contributed by atoms with van der Waals surface area (Å²) in [6.45, 7) is 8.88. The molecule has 0 radical (unpaired) electrons. The Labute approximate surface area is 113 Å². The molecule has 2 amide bonds. The molecule has 1 unspecified atom stereocenters. The van der Waals surface area contributed by atoms with Crippen molar-refractivity contribution in [3.05, 3.63) is 18.0 Å². The van der Waals surface area contributed by atoms with Gasteiger partial charge in [-0.05, 0) is 19.8 Å². The molecule has 2 rings (SSSR count). The van der Waals surface area contributed by atoms with Crippen molar-refractivity contribution in [3.63, 3.8) is 0 Å². The Morgan fingerprint density at radius 2 is 2.05 bits per heavy atom. The van der Waals surface area contributed by atoms with Gasteiger partial charge in [-0.15, -0.1) is 0 Å². The summed E-state index contributed by atoms with van der Waals surface area (Å²) in [6, 6.07) is -0.251. The predicted octanol–water partition coefficient (Wildman–Crippen LogP) is 1.95. The molecule has 6 heteroatoms. The van der Waals surface area contributed by atoms with E-state index in [1.54, 1.807) is 11.1 Å². The largest absolute Gasteiger partial charge is 0.385 e. The molecule has 1 aliphatic rings. The number of urea groups is 1. The van der Waals surface area contributed by atoms with Crippen LogP contribution in [-0.2, 0) is 0 Å². The van der Waals surface area contributed by atoms with E-state index in [0.29, 0.717) is 18.3 Å². The molecule has 0 aliphatic carbocycles. The van der Waals surface area contributed by atoms with Crippen LogP contribution < -0.4 is 5.73 Å².